The van der Waals surface area contributed by atoms with Crippen molar-refractivity contribution in [2.24, 2.45) is 0 Å². The molecular formula is C15H12F3N5. The Labute approximate surface area is 129 Å². The Kier molecular flexibility index (Phi) is 3.73. The van der Waals surface area contributed by atoms with Crippen LogP contribution in [-0.2, 0) is 12.7 Å². The molecule has 0 atom stereocenters. The van der Waals surface area contributed by atoms with Crippen molar-refractivity contribution in [3.63, 3.8) is 0 Å². The van der Waals surface area contributed by atoms with Gasteiger partial charge >= 0.3 is 6.18 Å². The lowest BCUT2D eigenvalue weighted by molar-refractivity contribution is -0.144. The third-order valence-corrected chi connectivity index (χ3v) is 3.21. The van der Waals surface area contributed by atoms with Gasteiger partial charge < -0.3 is 5.73 Å². The molecule has 0 aliphatic rings. The second kappa shape index (κ2) is 5.71. The van der Waals surface area contributed by atoms with Crippen LogP contribution in [0.25, 0.3) is 11.3 Å². The molecule has 0 spiro atoms. The number of hydrogen-bond acceptors (Lipinski definition) is 4. The SMILES string of the molecule is Nc1ncc(-c2cc(C(F)(F)F)n(Cc3ccccc3)n2)cn1. The first-order valence-electron chi connectivity index (χ1n) is 6.70. The third-order valence-electron chi connectivity index (χ3n) is 3.21. The maximum atomic E-state index is 13.2. The predicted octanol–water partition coefficient (Wildman–Crippen LogP) is 2.99. The molecule has 2 aromatic heterocycles. The van der Waals surface area contributed by atoms with Gasteiger partial charge in [0.05, 0.1) is 12.2 Å². The highest BCUT2D eigenvalue weighted by atomic mass is 19.4. The van der Waals surface area contributed by atoms with Crippen molar-refractivity contribution in [2.45, 2.75) is 12.7 Å². The number of nitrogens with zero attached hydrogens (tertiary/aromatic N) is 4. The first kappa shape index (κ1) is 15.0. The zero-order valence-corrected chi connectivity index (χ0v) is 11.8. The number of hydrogen-bond donors (Lipinski definition) is 1. The summed E-state index contributed by atoms with van der Waals surface area (Å²) >= 11 is 0. The quantitative estimate of drug-likeness (QED) is 0.806. The first-order chi connectivity index (χ1) is 10.9. The van der Waals surface area contributed by atoms with E-state index in [0.717, 1.165) is 16.3 Å². The summed E-state index contributed by atoms with van der Waals surface area (Å²) in [5.41, 5.74) is 5.80. The monoisotopic (exact) mass is 319 g/mol. The Morgan fingerprint density at radius 1 is 1.04 bits per heavy atom. The minimum Gasteiger partial charge on any atom is -0.368 e. The fraction of sp³-hybridized carbons (Fsp3) is 0.133. The van der Waals surface area contributed by atoms with Gasteiger partial charge in [0.2, 0.25) is 5.95 Å². The van der Waals surface area contributed by atoms with Gasteiger partial charge in [-0.2, -0.15) is 18.3 Å². The summed E-state index contributed by atoms with van der Waals surface area (Å²) in [7, 11) is 0. The van der Waals surface area contributed by atoms with Gasteiger partial charge in [-0.05, 0) is 11.6 Å². The van der Waals surface area contributed by atoms with Crippen molar-refractivity contribution in [3.8, 4) is 11.3 Å². The van der Waals surface area contributed by atoms with Crippen LogP contribution in [0.3, 0.4) is 0 Å². The fourth-order valence-corrected chi connectivity index (χ4v) is 2.13. The first-order valence-corrected chi connectivity index (χ1v) is 6.70. The van der Waals surface area contributed by atoms with Crippen molar-refractivity contribution < 1.29 is 13.2 Å². The summed E-state index contributed by atoms with van der Waals surface area (Å²) in [6.45, 7) is 0.0194. The van der Waals surface area contributed by atoms with Crippen molar-refractivity contribution in [1.82, 2.24) is 19.7 Å². The normalized spacial score (nSPS) is 11.6. The van der Waals surface area contributed by atoms with E-state index in [9.17, 15) is 13.2 Å². The number of rotatable bonds is 3. The van der Waals surface area contributed by atoms with Crippen LogP contribution in [-0.4, -0.2) is 19.7 Å². The molecule has 5 nitrogen and oxygen atoms in total. The van der Waals surface area contributed by atoms with E-state index in [2.05, 4.69) is 15.1 Å². The Bertz CT molecular complexity index is 794. The number of aromatic nitrogens is 4. The number of nitrogens with two attached hydrogens (primary N) is 1. The van der Waals surface area contributed by atoms with Gasteiger partial charge in [0.25, 0.3) is 0 Å². The van der Waals surface area contributed by atoms with E-state index in [0.29, 0.717) is 5.56 Å². The fourth-order valence-electron chi connectivity index (χ4n) is 2.13. The topological polar surface area (TPSA) is 69.6 Å². The van der Waals surface area contributed by atoms with E-state index in [1.54, 1.807) is 30.3 Å². The van der Waals surface area contributed by atoms with Crippen LogP contribution >= 0.6 is 0 Å². The maximum absolute atomic E-state index is 13.2. The highest BCUT2D eigenvalue weighted by Gasteiger charge is 2.36. The molecule has 118 valence electrons. The van der Waals surface area contributed by atoms with Crippen molar-refractivity contribution in [2.75, 3.05) is 5.73 Å². The molecule has 8 heteroatoms. The van der Waals surface area contributed by atoms with Crippen LogP contribution in [0.4, 0.5) is 19.1 Å². The average Bonchev–Trinajstić information content (AvgIpc) is 2.93. The summed E-state index contributed by atoms with van der Waals surface area (Å²) in [5.74, 6) is 0.0495. The summed E-state index contributed by atoms with van der Waals surface area (Å²) in [5, 5.41) is 4.05. The van der Waals surface area contributed by atoms with E-state index in [4.69, 9.17) is 5.73 Å². The second-order valence-corrected chi connectivity index (χ2v) is 4.89. The van der Waals surface area contributed by atoms with E-state index in [-0.39, 0.29) is 18.2 Å². The molecule has 0 aliphatic carbocycles. The van der Waals surface area contributed by atoms with Gasteiger partial charge in [0, 0.05) is 18.0 Å². The average molecular weight is 319 g/mol. The molecule has 3 aromatic rings. The largest absolute Gasteiger partial charge is 0.433 e. The zero-order valence-electron chi connectivity index (χ0n) is 11.8. The number of halogens is 3. The van der Waals surface area contributed by atoms with Crippen molar-refractivity contribution >= 4 is 5.95 Å². The molecule has 3 rings (SSSR count). The standard InChI is InChI=1S/C15H12F3N5/c16-15(17,18)13-6-12(11-7-20-14(19)21-8-11)22-23(13)9-10-4-2-1-3-5-10/h1-8H,9H2,(H2,19,20,21). The minimum absolute atomic E-state index is 0.0194. The molecular weight excluding hydrogens is 307 g/mol. The van der Waals surface area contributed by atoms with E-state index in [1.807, 2.05) is 0 Å². The second-order valence-electron chi connectivity index (χ2n) is 4.89. The molecule has 0 aliphatic heterocycles. The van der Waals surface area contributed by atoms with Crippen LogP contribution in [0, 0.1) is 0 Å². The van der Waals surface area contributed by atoms with Gasteiger partial charge in [-0.15, -0.1) is 0 Å². The summed E-state index contributed by atoms with van der Waals surface area (Å²) < 4.78 is 40.6. The van der Waals surface area contributed by atoms with Crippen LogP contribution in [0.15, 0.2) is 48.8 Å². The lowest BCUT2D eigenvalue weighted by atomic mass is 10.2. The van der Waals surface area contributed by atoms with Crippen LogP contribution in [0.5, 0.6) is 0 Å². The summed E-state index contributed by atoms with van der Waals surface area (Å²) in [6.07, 6.45) is -1.82. The lowest BCUT2D eigenvalue weighted by Crippen LogP contribution is -2.15. The Hall–Kier alpha value is -2.90. The smallest absolute Gasteiger partial charge is 0.368 e. The number of nitrogen functional groups attached to an aromatic ring is 1. The molecule has 0 unspecified atom stereocenters. The van der Waals surface area contributed by atoms with Gasteiger partial charge in [-0.3, -0.25) is 4.68 Å². The molecule has 0 saturated heterocycles. The number of anilines is 1. The Balaban J connectivity index is 2.02. The highest BCUT2D eigenvalue weighted by Crippen LogP contribution is 2.32. The molecule has 2 heterocycles. The summed E-state index contributed by atoms with van der Waals surface area (Å²) in [6, 6.07) is 9.80. The van der Waals surface area contributed by atoms with Gasteiger partial charge in [-0.1, -0.05) is 30.3 Å². The molecule has 0 saturated carbocycles. The van der Waals surface area contributed by atoms with Gasteiger partial charge in [0.15, 0.2) is 0 Å². The highest BCUT2D eigenvalue weighted by molar-refractivity contribution is 5.57. The minimum atomic E-state index is -4.51. The molecule has 0 amide bonds. The molecule has 23 heavy (non-hydrogen) atoms. The van der Waals surface area contributed by atoms with E-state index in [1.165, 1.54) is 12.4 Å². The molecule has 1 aromatic carbocycles. The van der Waals surface area contributed by atoms with Crippen molar-refractivity contribution in [3.05, 3.63) is 60.0 Å². The third kappa shape index (κ3) is 3.31. The number of benzene rings is 1. The lowest BCUT2D eigenvalue weighted by Gasteiger charge is -2.10. The number of alkyl halides is 3. The van der Waals surface area contributed by atoms with E-state index < -0.39 is 11.9 Å². The molecule has 0 radical (unpaired) electrons. The summed E-state index contributed by atoms with van der Waals surface area (Å²) in [4.78, 5) is 7.55. The Morgan fingerprint density at radius 3 is 2.30 bits per heavy atom. The van der Waals surface area contributed by atoms with Crippen LogP contribution in [0.2, 0.25) is 0 Å². The zero-order chi connectivity index (χ0) is 16.4. The molecule has 0 bridgehead atoms. The predicted molar refractivity (Wildman–Crippen MR) is 78.2 cm³/mol. The van der Waals surface area contributed by atoms with Gasteiger partial charge in [0.1, 0.15) is 5.69 Å². The van der Waals surface area contributed by atoms with E-state index >= 15 is 0 Å². The molecule has 2 N–H and O–H groups in total. The van der Waals surface area contributed by atoms with Crippen molar-refractivity contribution in [1.29, 1.82) is 0 Å². The van der Waals surface area contributed by atoms with Crippen LogP contribution in [0.1, 0.15) is 11.3 Å². The van der Waals surface area contributed by atoms with Crippen LogP contribution < -0.4 is 5.73 Å². The Morgan fingerprint density at radius 2 is 1.70 bits per heavy atom. The maximum Gasteiger partial charge on any atom is 0.433 e. The molecule has 0 fully saturated rings. The van der Waals surface area contributed by atoms with Gasteiger partial charge in [-0.25, -0.2) is 9.97 Å².